The zero-order valence-electron chi connectivity index (χ0n) is 15.9. The van der Waals surface area contributed by atoms with Crippen molar-refractivity contribution in [3.8, 4) is 5.75 Å². The van der Waals surface area contributed by atoms with Crippen molar-refractivity contribution in [3.05, 3.63) is 54.1 Å². The van der Waals surface area contributed by atoms with Crippen molar-refractivity contribution in [3.63, 3.8) is 0 Å². The van der Waals surface area contributed by atoms with E-state index in [-0.39, 0.29) is 17.9 Å². The molecule has 1 aromatic carbocycles. The lowest BCUT2D eigenvalue weighted by Crippen LogP contribution is -2.29. The number of para-hydroxylation sites is 1. The van der Waals surface area contributed by atoms with Gasteiger partial charge in [-0.3, -0.25) is 9.78 Å². The van der Waals surface area contributed by atoms with E-state index in [9.17, 15) is 4.79 Å². The van der Waals surface area contributed by atoms with Gasteiger partial charge in [0.05, 0.1) is 29.9 Å². The summed E-state index contributed by atoms with van der Waals surface area (Å²) in [7, 11) is 1.60. The minimum Gasteiger partial charge on any atom is -0.496 e. The molecule has 3 aromatic rings. The van der Waals surface area contributed by atoms with Crippen molar-refractivity contribution in [1.82, 2.24) is 19.4 Å². The molecule has 1 aliphatic heterocycles. The van der Waals surface area contributed by atoms with Gasteiger partial charge in [-0.2, -0.15) is 0 Å². The molecule has 0 N–H and O–H groups in total. The van der Waals surface area contributed by atoms with E-state index in [1.165, 1.54) is 0 Å². The third-order valence-electron chi connectivity index (χ3n) is 5.21. The van der Waals surface area contributed by atoms with Crippen molar-refractivity contribution in [2.24, 2.45) is 0 Å². The average molecular weight is 364 g/mol. The minimum absolute atomic E-state index is 0.0174. The number of nitrogens with zero attached hydrogens (tertiary/aromatic N) is 4. The molecule has 6 nitrogen and oxygen atoms in total. The summed E-state index contributed by atoms with van der Waals surface area (Å²) in [6, 6.07) is 9.63. The fourth-order valence-electron chi connectivity index (χ4n) is 3.94. The van der Waals surface area contributed by atoms with Crippen LogP contribution in [0, 0.1) is 0 Å². The van der Waals surface area contributed by atoms with E-state index in [1.807, 2.05) is 41.4 Å². The summed E-state index contributed by atoms with van der Waals surface area (Å²) in [6.45, 7) is 5.70. The van der Waals surface area contributed by atoms with Gasteiger partial charge in [0.2, 0.25) is 0 Å². The van der Waals surface area contributed by atoms with Gasteiger partial charge in [-0.25, -0.2) is 4.98 Å². The highest BCUT2D eigenvalue weighted by atomic mass is 16.5. The van der Waals surface area contributed by atoms with E-state index >= 15 is 0 Å². The monoisotopic (exact) mass is 364 g/mol. The largest absolute Gasteiger partial charge is 0.496 e. The Bertz CT molecular complexity index is 979. The molecule has 0 radical (unpaired) electrons. The van der Waals surface area contributed by atoms with E-state index in [2.05, 4.69) is 23.4 Å². The lowest BCUT2D eigenvalue weighted by molar-refractivity contribution is 0.0787. The maximum absolute atomic E-state index is 13.0. The van der Waals surface area contributed by atoms with Crippen molar-refractivity contribution in [2.45, 2.75) is 32.2 Å². The highest BCUT2D eigenvalue weighted by molar-refractivity contribution is 5.97. The number of likely N-dealkylation sites (tertiary alicyclic amines) is 1. The molecule has 0 spiro atoms. The van der Waals surface area contributed by atoms with Crippen LogP contribution >= 0.6 is 0 Å². The Morgan fingerprint density at radius 3 is 2.85 bits per heavy atom. The number of ether oxygens (including phenoxy) is 1. The maximum Gasteiger partial charge on any atom is 0.257 e. The first-order chi connectivity index (χ1) is 13.1. The van der Waals surface area contributed by atoms with Gasteiger partial charge in [0.25, 0.3) is 5.91 Å². The molecule has 1 saturated heterocycles. The predicted molar refractivity (Wildman–Crippen MR) is 104 cm³/mol. The predicted octanol–water partition coefficient (Wildman–Crippen LogP) is 3.65. The van der Waals surface area contributed by atoms with Gasteiger partial charge in [0.15, 0.2) is 0 Å². The van der Waals surface area contributed by atoms with Crippen LogP contribution in [0.2, 0.25) is 0 Å². The number of rotatable bonds is 4. The highest BCUT2D eigenvalue weighted by Gasteiger charge is 2.32. The van der Waals surface area contributed by atoms with E-state index in [0.717, 1.165) is 29.8 Å². The summed E-state index contributed by atoms with van der Waals surface area (Å²) >= 11 is 0. The Hall–Kier alpha value is -2.89. The van der Waals surface area contributed by atoms with E-state index < -0.39 is 0 Å². The standard InChI is InChI=1S/C21H24N4O2/c1-14(2)25-18-12-22-10-8-17(18)23-20(25)15-9-11-24(13-15)21(26)16-6-4-5-7-19(16)27-3/h4-8,10,12,14-15H,9,11,13H2,1-3H3. The number of methoxy groups -OCH3 is 1. The zero-order chi connectivity index (χ0) is 19.0. The van der Waals surface area contributed by atoms with Crippen molar-refractivity contribution in [2.75, 3.05) is 20.2 Å². The molecule has 27 heavy (non-hydrogen) atoms. The third-order valence-corrected chi connectivity index (χ3v) is 5.21. The van der Waals surface area contributed by atoms with Gasteiger partial charge in [0, 0.05) is 31.2 Å². The molecule has 0 saturated carbocycles. The first kappa shape index (κ1) is 17.5. The number of aromatic nitrogens is 3. The van der Waals surface area contributed by atoms with Crippen molar-refractivity contribution < 1.29 is 9.53 Å². The molecule has 1 amide bonds. The Morgan fingerprint density at radius 1 is 1.26 bits per heavy atom. The number of hydrogen-bond donors (Lipinski definition) is 0. The number of amides is 1. The Morgan fingerprint density at radius 2 is 2.07 bits per heavy atom. The van der Waals surface area contributed by atoms with Gasteiger partial charge in [-0.05, 0) is 38.5 Å². The SMILES string of the molecule is COc1ccccc1C(=O)N1CCC(c2nc3ccncc3n2C(C)C)C1. The Labute approximate surface area is 158 Å². The van der Waals surface area contributed by atoms with Crippen LogP contribution in [-0.2, 0) is 0 Å². The fraction of sp³-hybridized carbons (Fsp3) is 0.381. The molecule has 0 bridgehead atoms. The molecular formula is C21H24N4O2. The van der Waals surface area contributed by atoms with Gasteiger partial charge in [-0.1, -0.05) is 12.1 Å². The third kappa shape index (κ3) is 3.05. The van der Waals surface area contributed by atoms with Gasteiger partial charge in [0.1, 0.15) is 11.6 Å². The number of fused-ring (bicyclic) bond motifs is 1. The van der Waals surface area contributed by atoms with Crippen LogP contribution in [0.1, 0.15) is 48.4 Å². The molecular weight excluding hydrogens is 340 g/mol. The molecule has 6 heteroatoms. The normalized spacial score (nSPS) is 17.0. The van der Waals surface area contributed by atoms with E-state index in [0.29, 0.717) is 17.9 Å². The number of benzene rings is 1. The first-order valence-electron chi connectivity index (χ1n) is 9.34. The second-order valence-electron chi connectivity index (χ2n) is 7.24. The van der Waals surface area contributed by atoms with Gasteiger partial charge < -0.3 is 14.2 Å². The van der Waals surface area contributed by atoms with Crippen LogP contribution in [0.25, 0.3) is 11.0 Å². The van der Waals surface area contributed by atoms with Crippen LogP contribution in [-0.4, -0.2) is 45.5 Å². The second-order valence-corrected chi connectivity index (χ2v) is 7.24. The lowest BCUT2D eigenvalue weighted by atomic mass is 10.1. The molecule has 1 atom stereocenters. The number of hydrogen-bond acceptors (Lipinski definition) is 4. The molecule has 3 heterocycles. The quantitative estimate of drug-likeness (QED) is 0.709. The van der Waals surface area contributed by atoms with Crippen LogP contribution in [0.15, 0.2) is 42.7 Å². The van der Waals surface area contributed by atoms with Crippen LogP contribution in [0.4, 0.5) is 0 Å². The Kier molecular flexibility index (Phi) is 4.56. The second kappa shape index (κ2) is 7.02. The van der Waals surface area contributed by atoms with E-state index in [4.69, 9.17) is 9.72 Å². The van der Waals surface area contributed by atoms with Crippen LogP contribution in [0.5, 0.6) is 5.75 Å². The summed E-state index contributed by atoms with van der Waals surface area (Å²) in [5.74, 6) is 1.90. The minimum atomic E-state index is 0.0174. The number of carbonyl (C=O) groups is 1. The number of carbonyl (C=O) groups excluding carboxylic acids is 1. The highest BCUT2D eigenvalue weighted by Crippen LogP contribution is 2.33. The molecule has 0 aliphatic carbocycles. The van der Waals surface area contributed by atoms with Crippen molar-refractivity contribution in [1.29, 1.82) is 0 Å². The van der Waals surface area contributed by atoms with Gasteiger partial charge >= 0.3 is 0 Å². The topological polar surface area (TPSA) is 60.2 Å². The summed E-state index contributed by atoms with van der Waals surface area (Å²) < 4.78 is 7.61. The summed E-state index contributed by atoms with van der Waals surface area (Å²) in [6.07, 6.45) is 4.55. The smallest absolute Gasteiger partial charge is 0.257 e. The summed E-state index contributed by atoms with van der Waals surface area (Å²) in [5, 5.41) is 0. The molecule has 2 aromatic heterocycles. The van der Waals surface area contributed by atoms with Crippen LogP contribution in [0.3, 0.4) is 0 Å². The molecule has 1 aliphatic rings. The number of imidazole rings is 1. The lowest BCUT2D eigenvalue weighted by Gasteiger charge is -2.19. The molecule has 140 valence electrons. The van der Waals surface area contributed by atoms with Gasteiger partial charge in [-0.15, -0.1) is 0 Å². The van der Waals surface area contributed by atoms with E-state index in [1.54, 1.807) is 13.3 Å². The maximum atomic E-state index is 13.0. The molecule has 1 fully saturated rings. The molecule has 4 rings (SSSR count). The van der Waals surface area contributed by atoms with Crippen LogP contribution < -0.4 is 4.74 Å². The van der Waals surface area contributed by atoms with Crippen molar-refractivity contribution >= 4 is 16.9 Å². The fourth-order valence-corrected chi connectivity index (χ4v) is 3.94. The Balaban J connectivity index is 1.63. The molecule has 1 unspecified atom stereocenters. The number of pyridine rings is 1. The average Bonchev–Trinajstić information content (AvgIpc) is 3.31. The summed E-state index contributed by atoms with van der Waals surface area (Å²) in [5.41, 5.74) is 2.63. The first-order valence-corrected chi connectivity index (χ1v) is 9.34. The zero-order valence-corrected chi connectivity index (χ0v) is 15.9. The summed E-state index contributed by atoms with van der Waals surface area (Å²) in [4.78, 5) is 24.0.